The van der Waals surface area contributed by atoms with Crippen LogP contribution >= 0.6 is 15.9 Å². The maximum atomic E-state index is 12.0. The number of furan rings is 1. The quantitative estimate of drug-likeness (QED) is 0.737. The molecular formula is C17H27BrN2O4. The molecule has 0 unspecified atom stereocenters. The van der Waals surface area contributed by atoms with Crippen LogP contribution in [-0.2, 0) is 16.0 Å². The highest BCUT2D eigenvalue weighted by Crippen LogP contribution is 2.18. The van der Waals surface area contributed by atoms with Crippen LogP contribution in [0.15, 0.2) is 21.2 Å². The van der Waals surface area contributed by atoms with Crippen LogP contribution in [0.4, 0.5) is 4.79 Å². The molecule has 7 heteroatoms. The Hall–Kier alpha value is -1.05. The Morgan fingerprint density at radius 1 is 1.42 bits per heavy atom. The lowest BCUT2D eigenvalue weighted by molar-refractivity contribution is -0.0105. The fourth-order valence-corrected chi connectivity index (χ4v) is 2.82. The first-order valence-corrected chi connectivity index (χ1v) is 9.16. The highest BCUT2D eigenvalue weighted by Gasteiger charge is 2.26. The molecule has 0 aromatic carbocycles. The van der Waals surface area contributed by atoms with Crippen LogP contribution in [0.1, 0.15) is 39.4 Å². The van der Waals surface area contributed by atoms with E-state index in [0.29, 0.717) is 26.2 Å². The maximum absolute atomic E-state index is 12.0. The maximum Gasteiger partial charge on any atom is 0.410 e. The summed E-state index contributed by atoms with van der Waals surface area (Å²) in [5, 5.41) is 3.29. The van der Waals surface area contributed by atoms with Crippen LogP contribution in [0.3, 0.4) is 0 Å². The number of likely N-dealkylation sites (tertiary alicyclic amines) is 1. The molecule has 1 saturated heterocycles. The van der Waals surface area contributed by atoms with Gasteiger partial charge in [-0.05, 0) is 55.6 Å². The van der Waals surface area contributed by atoms with Gasteiger partial charge >= 0.3 is 6.09 Å². The van der Waals surface area contributed by atoms with Gasteiger partial charge < -0.3 is 24.1 Å². The molecule has 1 aromatic rings. The van der Waals surface area contributed by atoms with Crippen molar-refractivity contribution >= 4 is 22.0 Å². The first-order valence-electron chi connectivity index (χ1n) is 8.37. The fraction of sp³-hybridized carbons (Fsp3) is 0.706. The van der Waals surface area contributed by atoms with Gasteiger partial charge in [-0.2, -0.15) is 0 Å². The van der Waals surface area contributed by atoms with Crippen LogP contribution in [-0.4, -0.2) is 48.9 Å². The molecule has 1 amide bonds. The molecule has 1 aromatic heterocycles. The number of piperidine rings is 1. The molecule has 0 bridgehead atoms. The van der Waals surface area contributed by atoms with E-state index in [1.165, 1.54) is 0 Å². The van der Waals surface area contributed by atoms with E-state index in [-0.39, 0.29) is 12.2 Å². The summed E-state index contributed by atoms with van der Waals surface area (Å²) in [6.07, 6.45) is 3.34. The van der Waals surface area contributed by atoms with Gasteiger partial charge in [0.1, 0.15) is 11.4 Å². The molecule has 2 heterocycles. The molecule has 1 N–H and O–H groups in total. The second-order valence-electron chi connectivity index (χ2n) is 6.91. The Balaban J connectivity index is 1.56. The monoisotopic (exact) mass is 402 g/mol. The van der Waals surface area contributed by atoms with Crippen molar-refractivity contribution in [1.82, 2.24) is 10.2 Å². The molecule has 1 fully saturated rings. The van der Waals surface area contributed by atoms with Gasteiger partial charge in [-0.25, -0.2) is 4.79 Å². The molecule has 0 saturated carbocycles. The van der Waals surface area contributed by atoms with Crippen molar-refractivity contribution in [3.63, 3.8) is 0 Å². The smallest absolute Gasteiger partial charge is 0.410 e. The predicted molar refractivity (Wildman–Crippen MR) is 94.9 cm³/mol. The lowest BCUT2D eigenvalue weighted by Gasteiger charge is -2.33. The van der Waals surface area contributed by atoms with E-state index in [9.17, 15) is 4.79 Å². The van der Waals surface area contributed by atoms with Crippen LogP contribution in [0, 0.1) is 0 Å². The Labute approximate surface area is 152 Å². The summed E-state index contributed by atoms with van der Waals surface area (Å²) < 4.78 is 17.6. The predicted octanol–water partition coefficient (Wildman–Crippen LogP) is 3.55. The van der Waals surface area contributed by atoms with Crippen molar-refractivity contribution in [1.29, 1.82) is 0 Å². The Kier molecular flexibility index (Phi) is 7.13. The van der Waals surface area contributed by atoms with E-state index in [4.69, 9.17) is 13.9 Å². The number of hydrogen-bond donors (Lipinski definition) is 1. The van der Waals surface area contributed by atoms with Gasteiger partial charge in [0.15, 0.2) is 0 Å². The summed E-state index contributed by atoms with van der Waals surface area (Å²) in [6.45, 7) is 9.11. The standard InChI is InChI=1S/C17H27BrN2O4/c1-17(2,3)24-16(21)20-8-4-13(5-9-20)22-11-7-19-12-15-14(18)6-10-23-15/h6,10,13,19H,4-5,7-9,11-12H2,1-3H3. The molecule has 136 valence electrons. The number of nitrogens with zero attached hydrogens (tertiary/aromatic N) is 1. The zero-order chi connectivity index (χ0) is 17.6. The van der Waals surface area contributed by atoms with E-state index < -0.39 is 5.60 Å². The molecule has 6 nitrogen and oxygen atoms in total. The number of amides is 1. The Morgan fingerprint density at radius 3 is 2.71 bits per heavy atom. The van der Waals surface area contributed by atoms with Gasteiger partial charge in [-0.1, -0.05) is 0 Å². The zero-order valence-electron chi connectivity index (χ0n) is 14.6. The van der Waals surface area contributed by atoms with E-state index in [0.717, 1.165) is 29.6 Å². The van der Waals surface area contributed by atoms with Crippen molar-refractivity contribution in [3.8, 4) is 0 Å². The summed E-state index contributed by atoms with van der Waals surface area (Å²) >= 11 is 3.43. The zero-order valence-corrected chi connectivity index (χ0v) is 16.2. The molecule has 0 radical (unpaired) electrons. The second kappa shape index (κ2) is 8.87. The summed E-state index contributed by atoms with van der Waals surface area (Å²) in [6, 6.07) is 1.88. The average molecular weight is 403 g/mol. The molecule has 0 spiro atoms. The lowest BCUT2D eigenvalue weighted by Crippen LogP contribution is -2.43. The van der Waals surface area contributed by atoms with E-state index in [2.05, 4.69) is 21.2 Å². The van der Waals surface area contributed by atoms with Gasteiger partial charge in [0.2, 0.25) is 0 Å². The number of hydrogen-bond acceptors (Lipinski definition) is 5. The van der Waals surface area contributed by atoms with Crippen molar-refractivity contribution < 1.29 is 18.7 Å². The molecule has 2 rings (SSSR count). The normalized spacial score (nSPS) is 16.4. The number of halogens is 1. The highest BCUT2D eigenvalue weighted by molar-refractivity contribution is 9.10. The van der Waals surface area contributed by atoms with Gasteiger partial charge in [-0.15, -0.1) is 0 Å². The molecular weight excluding hydrogens is 376 g/mol. The first kappa shape index (κ1) is 19.3. The van der Waals surface area contributed by atoms with Crippen molar-refractivity contribution in [2.45, 2.75) is 51.9 Å². The third-order valence-electron chi connectivity index (χ3n) is 3.70. The first-order chi connectivity index (χ1) is 11.3. The van der Waals surface area contributed by atoms with Gasteiger partial charge in [0.05, 0.1) is 30.0 Å². The molecule has 0 aliphatic carbocycles. The van der Waals surface area contributed by atoms with Crippen LogP contribution in [0.2, 0.25) is 0 Å². The third-order valence-corrected chi connectivity index (χ3v) is 4.41. The third kappa shape index (κ3) is 6.45. The minimum absolute atomic E-state index is 0.209. The molecule has 1 aliphatic heterocycles. The van der Waals surface area contributed by atoms with Crippen molar-refractivity contribution in [3.05, 3.63) is 22.6 Å². The minimum atomic E-state index is -0.445. The number of rotatable bonds is 6. The number of carbonyl (C=O) groups excluding carboxylic acids is 1. The average Bonchev–Trinajstić information content (AvgIpc) is 2.91. The highest BCUT2D eigenvalue weighted by atomic mass is 79.9. The van der Waals surface area contributed by atoms with Crippen LogP contribution in [0.5, 0.6) is 0 Å². The number of nitrogens with one attached hydrogen (secondary N) is 1. The van der Waals surface area contributed by atoms with Crippen molar-refractivity contribution in [2.75, 3.05) is 26.2 Å². The van der Waals surface area contributed by atoms with E-state index >= 15 is 0 Å². The van der Waals surface area contributed by atoms with E-state index in [1.54, 1.807) is 11.2 Å². The topological polar surface area (TPSA) is 63.9 Å². The SMILES string of the molecule is CC(C)(C)OC(=O)N1CCC(OCCNCc2occc2Br)CC1. The van der Waals surface area contributed by atoms with Crippen molar-refractivity contribution in [2.24, 2.45) is 0 Å². The summed E-state index contributed by atoms with van der Waals surface area (Å²) in [7, 11) is 0. The summed E-state index contributed by atoms with van der Waals surface area (Å²) in [5.74, 6) is 0.890. The van der Waals surface area contributed by atoms with Gasteiger partial charge in [0.25, 0.3) is 0 Å². The van der Waals surface area contributed by atoms with Gasteiger partial charge in [-0.3, -0.25) is 0 Å². The second-order valence-corrected chi connectivity index (χ2v) is 7.76. The largest absolute Gasteiger partial charge is 0.467 e. The Morgan fingerprint density at radius 2 is 2.12 bits per heavy atom. The molecule has 1 aliphatic rings. The molecule has 24 heavy (non-hydrogen) atoms. The van der Waals surface area contributed by atoms with Crippen LogP contribution in [0.25, 0.3) is 0 Å². The Bertz CT molecular complexity index is 519. The summed E-state index contributed by atoms with van der Waals surface area (Å²) in [4.78, 5) is 13.8. The minimum Gasteiger partial charge on any atom is -0.467 e. The van der Waals surface area contributed by atoms with Gasteiger partial charge in [0, 0.05) is 19.6 Å². The van der Waals surface area contributed by atoms with E-state index in [1.807, 2.05) is 26.8 Å². The number of carbonyl (C=O) groups is 1. The van der Waals surface area contributed by atoms with Crippen LogP contribution < -0.4 is 5.32 Å². The summed E-state index contributed by atoms with van der Waals surface area (Å²) in [5.41, 5.74) is -0.445. The lowest BCUT2D eigenvalue weighted by atomic mass is 10.1. The fourth-order valence-electron chi connectivity index (χ4n) is 2.48. The number of ether oxygens (including phenoxy) is 2. The molecule has 0 atom stereocenters.